The van der Waals surface area contributed by atoms with Crippen LogP contribution < -0.4 is 4.74 Å². The fourth-order valence-corrected chi connectivity index (χ4v) is 2.25. The fraction of sp³-hybridized carbons (Fsp3) is 0.200. The molecule has 1 heterocycles. The van der Waals surface area contributed by atoms with Gasteiger partial charge in [-0.1, -0.05) is 17.4 Å². The molecule has 0 bridgehead atoms. The smallest absolute Gasteiger partial charge is 0.154 e. The van der Waals surface area contributed by atoms with Crippen LogP contribution in [0.1, 0.15) is 5.01 Å². The van der Waals surface area contributed by atoms with E-state index >= 15 is 0 Å². The largest absolute Gasteiger partial charge is 0.496 e. The molecule has 0 N–H and O–H groups in total. The number of ether oxygens (including phenoxy) is 1. The summed E-state index contributed by atoms with van der Waals surface area (Å²) < 4.78 is 18.8. The fourth-order valence-electron chi connectivity index (χ4n) is 1.29. The highest BCUT2D eigenvalue weighted by molar-refractivity contribution is 7.14. The Labute approximate surface area is 101 Å². The highest BCUT2D eigenvalue weighted by Gasteiger charge is 2.15. The van der Waals surface area contributed by atoms with Crippen molar-refractivity contribution in [2.45, 2.75) is 5.88 Å². The summed E-state index contributed by atoms with van der Waals surface area (Å²) in [5, 5.41) is 8.86. The molecule has 0 saturated heterocycles. The molecule has 0 aliphatic carbocycles. The zero-order valence-corrected chi connectivity index (χ0v) is 9.98. The Hall–Kier alpha value is -1.20. The van der Waals surface area contributed by atoms with Gasteiger partial charge >= 0.3 is 0 Å². The van der Waals surface area contributed by atoms with E-state index < -0.39 is 0 Å². The first kappa shape index (κ1) is 11.3. The first-order valence-corrected chi connectivity index (χ1v) is 5.82. The number of alkyl halides is 1. The normalized spacial score (nSPS) is 10.4. The molecular formula is C10H8ClFN2OS. The molecule has 3 nitrogen and oxygen atoms in total. The molecular weight excluding hydrogens is 251 g/mol. The van der Waals surface area contributed by atoms with E-state index in [1.807, 2.05) is 0 Å². The van der Waals surface area contributed by atoms with Gasteiger partial charge in [0.2, 0.25) is 0 Å². The minimum absolute atomic E-state index is 0.272. The highest BCUT2D eigenvalue weighted by atomic mass is 35.5. The number of halogens is 2. The third kappa shape index (κ3) is 2.01. The standard InChI is InChI=1S/C10H8ClFN2OS/c1-15-7-4-2-3-6(12)9(7)10-14-13-8(5-11)16-10/h2-4H,5H2,1H3. The molecule has 16 heavy (non-hydrogen) atoms. The Morgan fingerprint density at radius 2 is 2.25 bits per heavy atom. The minimum Gasteiger partial charge on any atom is -0.496 e. The molecule has 0 amide bonds. The van der Waals surface area contributed by atoms with Gasteiger partial charge in [-0.05, 0) is 12.1 Å². The van der Waals surface area contributed by atoms with Crippen LogP contribution in [0.25, 0.3) is 10.6 Å². The second-order valence-corrected chi connectivity index (χ2v) is 4.28. The van der Waals surface area contributed by atoms with Crippen molar-refractivity contribution in [3.8, 4) is 16.3 Å². The average molecular weight is 259 g/mol. The van der Waals surface area contributed by atoms with Crippen molar-refractivity contribution in [3.05, 3.63) is 29.0 Å². The average Bonchev–Trinajstić information content (AvgIpc) is 2.76. The van der Waals surface area contributed by atoms with E-state index in [1.165, 1.54) is 24.5 Å². The third-order valence-corrected chi connectivity index (χ3v) is 3.34. The van der Waals surface area contributed by atoms with E-state index in [0.29, 0.717) is 21.3 Å². The molecule has 0 fully saturated rings. The van der Waals surface area contributed by atoms with Crippen LogP contribution in [-0.4, -0.2) is 17.3 Å². The SMILES string of the molecule is COc1cccc(F)c1-c1nnc(CCl)s1. The maximum Gasteiger partial charge on any atom is 0.154 e. The molecule has 2 rings (SSSR count). The molecule has 0 radical (unpaired) electrons. The van der Waals surface area contributed by atoms with Crippen LogP contribution in [0.5, 0.6) is 5.75 Å². The summed E-state index contributed by atoms with van der Waals surface area (Å²) in [4.78, 5) is 0. The van der Waals surface area contributed by atoms with E-state index in [-0.39, 0.29) is 11.7 Å². The zero-order chi connectivity index (χ0) is 11.5. The van der Waals surface area contributed by atoms with Gasteiger partial charge in [0.1, 0.15) is 16.6 Å². The summed E-state index contributed by atoms with van der Waals surface area (Å²) in [6.45, 7) is 0. The summed E-state index contributed by atoms with van der Waals surface area (Å²) in [5.41, 5.74) is 0.332. The lowest BCUT2D eigenvalue weighted by atomic mass is 10.2. The minimum atomic E-state index is -0.378. The van der Waals surface area contributed by atoms with Gasteiger partial charge in [0.15, 0.2) is 5.01 Å². The number of benzene rings is 1. The lowest BCUT2D eigenvalue weighted by molar-refractivity contribution is 0.413. The van der Waals surface area contributed by atoms with Crippen LogP contribution in [0.15, 0.2) is 18.2 Å². The molecule has 1 aromatic carbocycles. The van der Waals surface area contributed by atoms with Crippen molar-refractivity contribution >= 4 is 22.9 Å². The monoisotopic (exact) mass is 258 g/mol. The molecule has 6 heteroatoms. The van der Waals surface area contributed by atoms with Crippen molar-refractivity contribution in [2.24, 2.45) is 0 Å². The summed E-state index contributed by atoms with van der Waals surface area (Å²) in [6.07, 6.45) is 0. The van der Waals surface area contributed by atoms with Crippen LogP contribution >= 0.6 is 22.9 Å². The van der Waals surface area contributed by atoms with E-state index in [0.717, 1.165) is 0 Å². The Morgan fingerprint density at radius 3 is 2.88 bits per heavy atom. The Morgan fingerprint density at radius 1 is 1.44 bits per heavy atom. The van der Waals surface area contributed by atoms with Gasteiger partial charge in [-0.25, -0.2) is 4.39 Å². The van der Waals surface area contributed by atoms with E-state index in [1.54, 1.807) is 12.1 Å². The Kier molecular flexibility index (Phi) is 3.36. The predicted molar refractivity (Wildman–Crippen MR) is 61.4 cm³/mol. The van der Waals surface area contributed by atoms with Crippen LogP contribution in [-0.2, 0) is 5.88 Å². The van der Waals surface area contributed by atoms with Gasteiger partial charge in [-0.3, -0.25) is 0 Å². The molecule has 0 aliphatic rings. The topological polar surface area (TPSA) is 35.0 Å². The number of rotatable bonds is 3. The van der Waals surface area contributed by atoms with Gasteiger partial charge in [0.05, 0.1) is 18.6 Å². The maximum absolute atomic E-state index is 13.7. The Balaban J connectivity index is 2.53. The number of hydrogen-bond donors (Lipinski definition) is 0. The van der Waals surface area contributed by atoms with Gasteiger partial charge < -0.3 is 4.74 Å². The molecule has 84 valence electrons. The number of aromatic nitrogens is 2. The van der Waals surface area contributed by atoms with Crippen LogP contribution in [0.3, 0.4) is 0 Å². The molecule has 0 unspecified atom stereocenters. The van der Waals surface area contributed by atoms with E-state index in [4.69, 9.17) is 16.3 Å². The van der Waals surface area contributed by atoms with Crippen LogP contribution in [0, 0.1) is 5.82 Å². The molecule has 1 aromatic heterocycles. The van der Waals surface area contributed by atoms with Crippen molar-refractivity contribution in [1.82, 2.24) is 10.2 Å². The van der Waals surface area contributed by atoms with Crippen molar-refractivity contribution in [1.29, 1.82) is 0 Å². The summed E-state index contributed by atoms with van der Waals surface area (Å²) in [5.74, 6) is 0.336. The van der Waals surface area contributed by atoms with E-state index in [9.17, 15) is 4.39 Å². The molecule has 2 aromatic rings. The van der Waals surface area contributed by atoms with Gasteiger partial charge in [0, 0.05) is 0 Å². The van der Waals surface area contributed by atoms with Crippen molar-refractivity contribution < 1.29 is 9.13 Å². The highest BCUT2D eigenvalue weighted by Crippen LogP contribution is 2.34. The molecule has 0 saturated carbocycles. The van der Waals surface area contributed by atoms with Gasteiger partial charge in [-0.15, -0.1) is 21.8 Å². The van der Waals surface area contributed by atoms with Gasteiger partial charge in [0.25, 0.3) is 0 Å². The van der Waals surface area contributed by atoms with Crippen LogP contribution in [0.4, 0.5) is 4.39 Å². The summed E-state index contributed by atoms with van der Waals surface area (Å²) >= 11 is 6.88. The third-order valence-electron chi connectivity index (χ3n) is 1.99. The lowest BCUT2D eigenvalue weighted by Gasteiger charge is -2.05. The summed E-state index contributed by atoms with van der Waals surface area (Å²) in [7, 11) is 1.49. The molecule has 0 spiro atoms. The Bertz CT molecular complexity index is 503. The first-order valence-electron chi connectivity index (χ1n) is 4.47. The van der Waals surface area contributed by atoms with Gasteiger partial charge in [-0.2, -0.15) is 0 Å². The predicted octanol–water partition coefficient (Wildman–Crippen LogP) is 3.09. The zero-order valence-electron chi connectivity index (χ0n) is 8.41. The number of nitrogens with zero attached hydrogens (tertiary/aromatic N) is 2. The molecule has 0 aliphatic heterocycles. The van der Waals surface area contributed by atoms with E-state index in [2.05, 4.69) is 10.2 Å². The number of hydrogen-bond acceptors (Lipinski definition) is 4. The first-order chi connectivity index (χ1) is 7.76. The quantitative estimate of drug-likeness (QED) is 0.794. The molecule has 0 atom stereocenters. The lowest BCUT2D eigenvalue weighted by Crippen LogP contribution is -1.90. The second-order valence-electron chi connectivity index (χ2n) is 2.95. The van der Waals surface area contributed by atoms with Crippen LogP contribution in [0.2, 0.25) is 0 Å². The number of methoxy groups -OCH3 is 1. The van der Waals surface area contributed by atoms with Crippen molar-refractivity contribution in [3.63, 3.8) is 0 Å². The second kappa shape index (κ2) is 4.76. The maximum atomic E-state index is 13.7. The summed E-state index contributed by atoms with van der Waals surface area (Å²) in [6, 6.07) is 4.63. The van der Waals surface area contributed by atoms with Crippen molar-refractivity contribution in [2.75, 3.05) is 7.11 Å².